The van der Waals surface area contributed by atoms with Crippen LogP contribution in [0, 0.1) is 0 Å². The maximum Gasteiger partial charge on any atom is 0.255 e. The lowest BCUT2D eigenvalue weighted by molar-refractivity contribution is -0.129. The Bertz CT molecular complexity index is 632. The van der Waals surface area contributed by atoms with E-state index in [4.69, 9.17) is 0 Å². The molecular weight excluding hydrogens is 292 g/mol. The Balaban J connectivity index is 2.31. The predicted molar refractivity (Wildman–Crippen MR) is 87.9 cm³/mol. The van der Waals surface area contributed by atoms with E-state index in [-0.39, 0.29) is 11.3 Å². The van der Waals surface area contributed by atoms with E-state index in [2.05, 4.69) is 26.1 Å². The summed E-state index contributed by atoms with van der Waals surface area (Å²) < 4.78 is 0. The summed E-state index contributed by atoms with van der Waals surface area (Å²) in [6, 6.07) is 5.26. The lowest BCUT2D eigenvalue weighted by Crippen LogP contribution is -2.46. The number of benzene rings is 1. The van der Waals surface area contributed by atoms with Crippen LogP contribution in [0.1, 0.15) is 62.0 Å². The Kier molecular flexibility index (Phi) is 4.88. The van der Waals surface area contributed by atoms with Crippen molar-refractivity contribution in [2.45, 2.75) is 58.5 Å². The Morgan fingerprint density at radius 1 is 1.39 bits per heavy atom. The third-order valence-corrected chi connectivity index (χ3v) is 4.25. The zero-order chi connectivity index (χ0) is 17.2. The van der Waals surface area contributed by atoms with Gasteiger partial charge in [0.05, 0.1) is 0 Å². The topological polar surface area (TPSA) is 66.5 Å². The normalized spacial score (nSPS) is 15.3. The fourth-order valence-corrected chi connectivity index (χ4v) is 2.92. The highest BCUT2D eigenvalue weighted by atomic mass is 16.2. The molecule has 0 aliphatic carbocycles. The molecule has 1 aromatic rings. The monoisotopic (exact) mass is 316 g/mol. The van der Waals surface area contributed by atoms with E-state index in [0.29, 0.717) is 24.9 Å². The van der Waals surface area contributed by atoms with Crippen molar-refractivity contribution in [1.82, 2.24) is 10.2 Å². The van der Waals surface area contributed by atoms with Crippen LogP contribution in [0.15, 0.2) is 18.2 Å². The first-order chi connectivity index (χ1) is 10.8. The highest BCUT2D eigenvalue weighted by molar-refractivity contribution is 6.02. The van der Waals surface area contributed by atoms with Gasteiger partial charge < -0.3 is 4.90 Å². The zero-order valence-corrected chi connectivity index (χ0v) is 14.2. The Hall–Kier alpha value is -2.17. The SMILES string of the molecule is CCCC(C(=O)NC=O)N1Cc2cc(C(C)(C)C)ccc2C1=O. The highest BCUT2D eigenvalue weighted by Gasteiger charge is 2.36. The number of carbonyl (C=O) groups is 3. The number of rotatable bonds is 5. The van der Waals surface area contributed by atoms with Crippen LogP contribution in [0.4, 0.5) is 0 Å². The molecule has 1 unspecified atom stereocenters. The third kappa shape index (κ3) is 3.44. The van der Waals surface area contributed by atoms with E-state index in [1.165, 1.54) is 0 Å². The molecule has 124 valence electrons. The van der Waals surface area contributed by atoms with E-state index in [1.54, 1.807) is 4.90 Å². The summed E-state index contributed by atoms with van der Waals surface area (Å²) in [5.74, 6) is -0.556. The number of amides is 3. The second-order valence-corrected chi connectivity index (χ2v) is 6.99. The maximum absolute atomic E-state index is 12.6. The molecule has 3 amide bonds. The van der Waals surface area contributed by atoms with Crippen molar-refractivity contribution in [3.05, 3.63) is 34.9 Å². The smallest absolute Gasteiger partial charge is 0.255 e. The summed E-state index contributed by atoms with van der Waals surface area (Å²) in [6.45, 7) is 8.74. The van der Waals surface area contributed by atoms with Gasteiger partial charge in [0.1, 0.15) is 6.04 Å². The van der Waals surface area contributed by atoms with E-state index in [0.717, 1.165) is 17.5 Å². The van der Waals surface area contributed by atoms with Crippen LogP contribution in [0.5, 0.6) is 0 Å². The van der Waals surface area contributed by atoms with Gasteiger partial charge in [-0.1, -0.05) is 46.2 Å². The summed E-state index contributed by atoms with van der Waals surface area (Å²) >= 11 is 0. The predicted octanol–water partition coefficient (Wildman–Crippen LogP) is 2.38. The minimum atomic E-state index is -0.608. The molecule has 0 aromatic heterocycles. The van der Waals surface area contributed by atoms with Crippen molar-refractivity contribution in [1.29, 1.82) is 0 Å². The van der Waals surface area contributed by atoms with Crippen LogP contribution < -0.4 is 5.32 Å². The molecule has 0 bridgehead atoms. The fraction of sp³-hybridized carbons (Fsp3) is 0.500. The molecule has 0 radical (unpaired) electrons. The molecule has 1 heterocycles. The van der Waals surface area contributed by atoms with E-state index in [9.17, 15) is 14.4 Å². The van der Waals surface area contributed by atoms with Crippen LogP contribution >= 0.6 is 0 Å². The van der Waals surface area contributed by atoms with Crippen molar-refractivity contribution in [2.75, 3.05) is 0 Å². The van der Waals surface area contributed by atoms with Gasteiger partial charge >= 0.3 is 0 Å². The first kappa shape index (κ1) is 17.2. The van der Waals surface area contributed by atoms with Crippen molar-refractivity contribution >= 4 is 18.2 Å². The van der Waals surface area contributed by atoms with Gasteiger partial charge in [0, 0.05) is 12.1 Å². The highest BCUT2D eigenvalue weighted by Crippen LogP contribution is 2.31. The molecule has 0 saturated heterocycles. The standard InChI is InChI=1S/C18H24N2O3/c1-5-6-15(16(22)19-11-21)20-10-12-9-13(18(2,3)4)7-8-14(12)17(20)23/h7-9,11,15H,5-6,10H2,1-4H3,(H,19,21,22). The molecule has 0 fully saturated rings. The molecule has 5 nitrogen and oxygen atoms in total. The van der Waals surface area contributed by atoms with E-state index in [1.807, 2.05) is 25.1 Å². The summed E-state index contributed by atoms with van der Waals surface area (Å²) in [6.07, 6.45) is 1.66. The Labute approximate surface area is 137 Å². The van der Waals surface area contributed by atoms with Gasteiger partial charge in [-0.15, -0.1) is 0 Å². The number of hydrogen-bond donors (Lipinski definition) is 1. The van der Waals surface area contributed by atoms with Crippen molar-refractivity contribution in [2.24, 2.45) is 0 Å². The second kappa shape index (κ2) is 6.52. The number of hydrogen-bond acceptors (Lipinski definition) is 3. The van der Waals surface area contributed by atoms with Gasteiger partial charge in [-0.05, 0) is 29.0 Å². The Morgan fingerprint density at radius 2 is 2.09 bits per heavy atom. The van der Waals surface area contributed by atoms with Gasteiger partial charge in [0.15, 0.2) is 0 Å². The van der Waals surface area contributed by atoms with Gasteiger partial charge in [0.25, 0.3) is 5.91 Å². The van der Waals surface area contributed by atoms with E-state index < -0.39 is 11.9 Å². The minimum Gasteiger partial charge on any atom is -0.322 e. The average molecular weight is 316 g/mol. The lowest BCUT2D eigenvalue weighted by atomic mass is 9.85. The van der Waals surface area contributed by atoms with Gasteiger partial charge in [0.2, 0.25) is 12.3 Å². The molecule has 0 saturated carbocycles. The molecule has 1 N–H and O–H groups in total. The Morgan fingerprint density at radius 3 is 2.65 bits per heavy atom. The zero-order valence-electron chi connectivity index (χ0n) is 14.2. The van der Waals surface area contributed by atoms with Gasteiger partial charge in [-0.25, -0.2) is 0 Å². The maximum atomic E-state index is 12.6. The number of nitrogens with one attached hydrogen (secondary N) is 1. The van der Waals surface area contributed by atoms with Gasteiger partial charge in [-0.2, -0.15) is 0 Å². The summed E-state index contributed by atoms with van der Waals surface area (Å²) in [5.41, 5.74) is 2.76. The fourth-order valence-electron chi connectivity index (χ4n) is 2.92. The quantitative estimate of drug-likeness (QED) is 0.848. The van der Waals surface area contributed by atoms with Crippen LogP contribution in [0.25, 0.3) is 0 Å². The van der Waals surface area contributed by atoms with Crippen LogP contribution in [-0.4, -0.2) is 29.2 Å². The third-order valence-electron chi connectivity index (χ3n) is 4.25. The first-order valence-electron chi connectivity index (χ1n) is 7.98. The molecule has 1 aromatic carbocycles. The summed E-state index contributed by atoms with van der Waals surface area (Å²) in [4.78, 5) is 36.9. The number of imide groups is 1. The van der Waals surface area contributed by atoms with Crippen LogP contribution in [-0.2, 0) is 21.5 Å². The number of nitrogens with zero attached hydrogens (tertiary/aromatic N) is 1. The molecule has 1 aliphatic heterocycles. The minimum absolute atomic E-state index is 0.00318. The van der Waals surface area contributed by atoms with Crippen molar-refractivity contribution in [3.63, 3.8) is 0 Å². The largest absolute Gasteiger partial charge is 0.322 e. The number of fused-ring (bicyclic) bond motifs is 1. The summed E-state index contributed by atoms with van der Waals surface area (Å²) in [7, 11) is 0. The lowest BCUT2D eigenvalue weighted by Gasteiger charge is -2.25. The van der Waals surface area contributed by atoms with Crippen LogP contribution in [0.3, 0.4) is 0 Å². The van der Waals surface area contributed by atoms with Crippen molar-refractivity contribution in [3.8, 4) is 0 Å². The van der Waals surface area contributed by atoms with Crippen molar-refractivity contribution < 1.29 is 14.4 Å². The van der Waals surface area contributed by atoms with Gasteiger partial charge in [-0.3, -0.25) is 19.7 Å². The first-order valence-corrected chi connectivity index (χ1v) is 7.98. The molecule has 0 spiro atoms. The molecule has 2 rings (SSSR count). The molecule has 23 heavy (non-hydrogen) atoms. The van der Waals surface area contributed by atoms with Crippen LogP contribution in [0.2, 0.25) is 0 Å². The number of carbonyl (C=O) groups excluding carboxylic acids is 3. The average Bonchev–Trinajstić information content (AvgIpc) is 2.80. The molecule has 1 aliphatic rings. The van der Waals surface area contributed by atoms with E-state index >= 15 is 0 Å². The molecule has 5 heteroatoms. The summed E-state index contributed by atoms with van der Waals surface area (Å²) in [5, 5.41) is 2.18. The second-order valence-electron chi connectivity index (χ2n) is 6.99. The molecule has 1 atom stereocenters. The molecular formula is C18H24N2O3.